The van der Waals surface area contributed by atoms with Crippen LogP contribution in [0.2, 0.25) is 0 Å². The molecule has 0 saturated heterocycles. The highest BCUT2D eigenvalue weighted by Crippen LogP contribution is 2.33. The summed E-state index contributed by atoms with van der Waals surface area (Å²) in [4.78, 5) is 0.253. The lowest BCUT2D eigenvalue weighted by atomic mass is 9.90. The van der Waals surface area contributed by atoms with Crippen LogP contribution < -0.4 is 14.2 Å². The van der Waals surface area contributed by atoms with Gasteiger partial charge in [-0.05, 0) is 49.2 Å². The van der Waals surface area contributed by atoms with Gasteiger partial charge in [0.25, 0.3) is 0 Å². The maximum absolute atomic E-state index is 12.8. The Labute approximate surface area is 178 Å². The molecule has 0 bridgehead atoms. The lowest BCUT2D eigenvalue weighted by molar-refractivity contribution is 0.354. The van der Waals surface area contributed by atoms with E-state index in [9.17, 15) is 8.42 Å². The highest BCUT2D eigenvalue weighted by Gasteiger charge is 2.21. The number of hydrogen-bond donors (Lipinski definition) is 1. The van der Waals surface area contributed by atoms with Crippen LogP contribution in [0.25, 0.3) is 0 Å². The normalized spacial score (nSPS) is 12.4. The van der Waals surface area contributed by atoms with Gasteiger partial charge >= 0.3 is 0 Å². The number of benzene rings is 3. The number of nitrogens with one attached hydrogen (secondary N) is 1. The Bertz CT molecular complexity index is 1090. The fraction of sp³-hybridized carbons (Fsp3) is 0.250. The van der Waals surface area contributed by atoms with Gasteiger partial charge < -0.3 is 9.47 Å². The zero-order chi connectivity index (χ0) is 21.7. The number of sulfonamides is 1. The molecular formula is C24H27NO4S. The van der Waals surface area contributed by atoms with Crippen LogP contribution in [-0.4, -0.2) is 29.2 Å². The number of rotatable bonds is 8. The summed E-state index contributed by atoms with van der Waals surface area (Å²) in [5.74, 6) is 1.04. The topological polar surface area (TPSA) is 64.6 Å². The van der Waals surface area contributed by atoms with Crippen molar-refractivity contribution in [2.45, 2.75) is 24.7 Å². The second-order valence-electron chi connectivity index (χ2n) is 7.24. The third-order valence-corrected chi connectivity index (χ3v) is 6.54. The molecule has 0 spiro atoms. The summed E-state index contributed by atoms with van der Waals surface area (Å²) in [7, 11) is -0.457. The van der Waals surface area contributed by atoms with E-state index in [1.54, 1.807) is 38.5 Å². The third kappa shape index (κ3) is 5.01. The molecule has 0 saturated carbocycles. The first-order valence-corrected chi connectivity index (χ1v) is 11.2. The molecule has 0 heterocycles. The van der Waals surface area contributed by atoms with E-state index in [-0.39, 0.29) is 17.4 Å². The number of aryl methyl sites for hydroxylation is 2. The molecule has 0 amide bonds. The van der Waals surface area contributed by atoms with Crippen LogP contribution in [0.15, 0.2) is 71.6 Å². The van der Waals surface area contributed by atoms with Gasteiger partial charge in [-0.3, -0.25) is 0 Å². The molecular weight excluding hydrogens is 398 g/mol. The number of ether oxygens (including phenoxy) is 2. The predicted octanol–water partition coefficient (Wildman–Crippen LogP) is 4.43. The molecule has 0 aliphatic carbocycles. The molecule has 30 heavy (non-hydrogen) atoms. The van der Waals surface area contributed by atoms with E-state index in [4.69, 9.17) is 9.47 Å². The van der Waals surface area contributed by atoms with Crippen LogP contribution in [0, 0.1) is 13.8 Å². The molecule has 1 atom stereocenters. The summed E-state index contributed by atoms with van der Waals surface area (Å²) in [5.41, 5.74) is 4.10. The van der Waals surface area contributed by atoms with Crippen molar-refractivity contribution >= 4 is 10.0 Å². The fourth-order valence-electron chi connectivity index (χ4n) is 3.29. The number of methoxy groups -OCH3 is 2. The van der Waals surface area contributed by atoms with Gasteiger partial charge in [-0.1, -0.05) is 53.6 Å². The first-order valence-electron chi connectivity index (χ1n) is 9.69. The monoisotopic (exact) mass is 425 g/mol. The van der Waals surface area contributed by atoms with Gasteiger partial charge in [-0.15, -0.1) is 0 Å². The SMILES string of the molecule is COc1ccc(C(CNS(=O)(=O)c2ccc(C)cc2)c2ccc(C)cc2)cc1OC. The Balaban J connectivity index is 1.94. The first kappa shape index (κ1) is 21.9. The molecule has 6 heteroatoms. The van der Waals surface area contributed by atoms with Gasteiger partial charge in [0.1, 0.15) is 0 Å². The van der Waals surface area contributed by atoms with Crippen LogP contribution >= 0.6 is 0 Å². The van der Waals surface area contributed by atoms with Gasteiger partial charge in [0.15, 0.2) is 11.5 Å². The third-order valence-electron chi connectivity index (χ3n) is 5.10. The van der Waals surface area contributed by atoms with Crippen LogP contribution in [0.5, 0.6) is 11.5 Å². The summed E-state index contributed by atoms with van der Waals surface area (Å²) in [5, 5.41) is 0. The fourth-order valence-corrected chi connectivity index (χ4v) is 4.34. The summed E-state index contributed by atoms with van der Waals surface area (Å²) in [6.45, 7) is 4.17. The molecule has 0 fully saturated rings. The quantitative estimate of drug-likeness (QED) is 0.580. The van der Waals surface area contributed by atoms with Gasteiger partial charge in [-0.25, -0.2) is 13.1 Å². The highest BCUT2D eigenvalue weighted by molar-refractivity contribution is 7.89. The molecule has 3 rings (SSSR count). The number of hydrogen-bond acceptors (Lipinski definition) is 4. The van der Waals surface area contributed by atoms with Crippen molar-refractivity contribution in [1.82, 2.24) is 4.72 Å². The van der Waals surface area contributed by atoms with Crippen molar-refractivity contribution in [1.29, 1.82) is 0 Å². The van der Waals surface area contributed by atoms with Gasteiger partial charge in [0.2, 0.25) is 10.0 Å². The first-order chi connectivity index (χ1) is 14.3. The minimum absolute atomic E-state index is 0.189. The van der Waals surface area contributed by atoms with Crippen molar-refractivity contribution in [2.24, 2.45) is 0 Å². The average Bonchev–Trinajstić information content (AvgIpc) is 2.75. The van der Waals surface area contributed by atoms with Crippen LogP contribution in [0.4, 0.5) is 0 Å². The average molecular weight is 426 g/mol. The standard InChI is InChI=1S/C24H27NO4S/c1-17-5-9-19(10-6-17)22(20-11-14-23(28-3)24(15-20)29-4)16-25-30(26,27)21-12-7-18(2)8-13-21/h5-15,22,25H,16H2,1-4H3. The molecule has 5 nitrogen and oxygen atoms in total. The van der Waals surface area contributed by atoms with Crippen molar-refractivity contribution < 1.29 is 17.9 Å². The summed E-state index contributed by atoms with van der Waals surface area (Å²) >= 11 is 0. The van der Waals surface area contributed by atoms with E-state index < -0.39 is 10.0 Å². The van der Waals surface area contributed by atoms with E-state index in [1.165, 1.54) is 0 Å². The highest BCUT2D eigenvalue weighted by atomic mass is 32.2. The van der Waals surface area contributed by atoms with Gasteiger partial charge in [-0.2, -0.15) is 0 Å². The summed E-state index contributed by atoms with van der Waals surface area (Å²) in [6.07, 6.45) is 0. The smallest absolute Gasteiger partial charge is 0.240 e. The molecule has 0 aliphatic heterocycles. The lowest BCUT2D eigenvalue weighted by Crippen LogP contribution is -2.29. The Morgan fingerprint density at radius 3 is 1.87 bits per heavy atom. The maximum Gasteiger partial charge on any atom is 0.240 e. The predicted molar refractivity (Wildman–Crippen MR) is 119 cm³/mol. The molecule has 3 aromatic rings. The zero-order valence-electron chi connectivity index (χ0n) is 17.7. The zero-order valence-corrected chi connectivity index (χ0v) is 18.5. The Hall–Kier alpha value is -2.83. The van der Waals surface area contributed by atoms with E-state index in [1.807, 2.05) is 56.3 Å². The maximum atomic E-state index is 12.8. The van der Waals surface area contributed by atoms with Gasteiger partial charge in [0.05, 0.1) is 19.1 Å². The molecule has 1 N–H and O–H groups in total. The molecule has 158 valence electrons. The second kappa shape index (κ2) is 9.32. The molecule has 0 radical (unpaired) electrons. The van der Waals surface area contributed by atoms with Crippen molar-refractivity contribution in [2.75, 3.05) is 20.8 Å². The van der Waals surface area contributed by atoms with E-state index in [2.05, 4.69) is 4.72 Å². The second-order valence-corrected chi connectivity index (χ2v) is 9.01. The van der Waals surface area contributed by atoms with Crippen molar-refractivity contribution in [3.05, 3.63) is 89.0 Å². The molecule has 0 aliphatic rings. The van der Waals surface area contributed by atoms with Gasteiger partial charge in [0, 0.05) is 12.5 Å². The Morgan fingerprint density at radius 1 is 0.767 bits per heavy atom. The molecule has 3 aromatic carbocycles. The minimum atomic E-state index is -3.63. The largest absolute Gasteiger partial charge is 0.493 e. The van der Waals surface area contributed by atoms with Crippen LogP contribution in [0.1, 0.15) is 28.2 Å². The van der Waals surface area contributed by atoms with E-state index in [0.29, 0.717) is 11.5 Å². The Kier molecular flexibility index (Phi) is 6.80. The minimum Gasteiger partial charge on any atom is -0.493 e. The Morgan fingerprint density at radius 2 is 1.30 bits per heavy atom. The summed E-state index contributed by atoms with van der Waals surface area (Å²) in [6, 6.07) is 20.6. The van der Waals surface area contributed by atoms with Crippen LogP contribution in [-0.2, 0) is 10.0 Å². The van der Waals surface area contributed by atoms with E-state index in [0.717, 1.165) is 22.3 Å². The molecule has 1 unspecified atom stereocenters. The van der Waals surface area contributed by atoms with E-state index >= 15 is 0 Å². The van der Waals surface area contributed by atoms with Crippen molar-refractivity contribution in [3.63, 3.8) is 0 Å². The van der Waals surface area contributed by atoms with Crippen molar-refractivity contribution in [3.8, 4) is 11.5 Å². The van der Waals surface area contributed by atoms with Crippen LogP contribution in [0.3, 0.4) is 0 Å². The molecule has 0 aromatic heterocycles. The summed E-state index contributed by atoms with van der Waals surface area (Å²) < 4.78 is 39.2. The lowest BCUT2D eigenvalue weighted by Gasteiger charge is -2.20.